The molecule has 0 radical (unpaired) electrons. The van der Waals surface area contributed by atoms with Crippen molar-refractivity contribution in [2.24, 2.45) is 0 Å². The van der Waals surface area contributed by atoms with Crippen LogP contribution in [0, 0.1) is 26.2 Å². The summed E-state index contributed by atoms with van der Waals surface area (Å²) in [5.74, 6) is 2.54. The van der Waals surface area contributed by atoms with Crippen molar-refractivity contribution < 1.29 is 5.11 Å². The molecule has 0 aliphatic carbocycles. The first kappa shape index (κ1) is 10.3. The quantitative estimate of drug-likeness (QED) is 0.734. The van der Waals surface area contributed by atoms with Gasteiger partial charge in [0.2, 0.25) is 0 Å². The molecule has 1 nitrogen and oxygen atoms in total. The predicted octanol–water partition coefficient (Wildman–Crippen LogP) is 2.81. The van der Waals surface area contributed by atoms with Crippen molar-refractivity contribution in [1.29, 1.82) is 0 Å². The molecule has 1 aromatic heterocycles. The van der Waals surface area contributed by atoms with Crippen LogP contribution in [0.1, 0.15) is 34.3 Å². The second-order valence-corrected chi connectivity index (χ2v) is 4.59. The molecule has 0 bridgehead atoms. The molecule has 1 aromatic rings. The van der Waals surface area contributed by atoms with Gasteiger partial charge in [0.1, 0.15) is 0 Å². The second-order valence-electron chi connectivity index (χ2n) is 3.13. The van der Waals surface area contributed by atoms with Crippen LogP contribution in [0.2, 0.25) is 0 Å². The van der Waals surface area contributed by atoms with Gasteiger partial charge in [-0.25, -0.2) is 0 Å². The first-order valence-electron chi connectivity index (χ1n) is 4.33. The van der Waals surface area contributed by atoms with Crippen LogP contribution in [0.5, 0.6) is 0 Å². The van der Waals surface area contributed by atoms with E-state index < -0.39 is 0 Å². The lowest BCUT2D eigenvalue weighted by atomic mass is 10.1. The fourth-order valence-corrected chi connectivity index (χ4v) is 2.34. The number of hydrogen-bond donors (Lipinski definition) is 1. The number of hydrogen-bond acceptors (Lipinski definition) is 2. The van der Waals surface area contributed by atoms with Crippen LogP contribution in [0.4, 0.5) is 0 Å². The Morgan fingerprint density at radius 3 is 2.77 bits per heavy atom. The van der Waals surface area contributed by atoms with Crippen molar-refractivity contribution in [3.05, 3.63) is 21.4 Å². The van der Waals surface area contributed by atoms with Gasteiger partial charge in [0.05, 0.1) is 6.10 Å². The van der Waals surface area contributed by atoms with E-state index in [1.807, 2.05) is 13.0 Å². The smallest absolute Gasteiger partial charge is 0.0809 e. The first-order chi connectivity index (χ1) is 6.15. The minimum Gasteiger partial charge on any atom is -0.388 e. The summed E-state index contributed by atoms with van der Waals surface area (Å²) in [6, 6.07) is 2.04. The largest absolute Gasteiger partial charge is 0.388 e. The fraction of sp³-hybridized carbons (Fsp3) is 0.455. The molecule has 70 valence electrons. The van der Waals surface area contributed by atoms with Gasteiger partial charge in [-0.05, 0) is 31.9 Å². The summed E-state index contributed by atoms with van der Waals surface area (Å²) in [6.45, 7) is 4.08. The van der Waals surface area contributed by atoms with Crippen LogP contribution < -0.4 is 0 Å². The molecule has 0 aromatic carbocycles. The topological polar surface area (TPSA) is 20.2 Å². The first-order valence-corrected chi connectivity index (χ1v) is 5.15. The normalized spacial score (nSPS) is 12.5. The van der Waals surface area contributed by atoms with Gasteiger partial charge >= 0.3 is 0 Å². The molecule has 0 aliphatic heterocycles. The van der Waals surface area contributed by atoms with Gasteiger partial charge in [-0.3, -0.25) is 0 Å². The maximum absolute atomic E-state index is 9.76. The van der Waals surface area contributed by atoms with Crippen LogP contribution in [0.15, 0.2) is 6.07 Å². The third kappa shape index (κ3) is 2.58. The molecular weight excluding hydrogens is 180 g/mol. The minimum atomic E-state index is -0.388. The Bertz CT molecular complexity index is 319. The zero-order chi connectivity index (χ0) is 9.84. The average Bonchev–Trinajstić information content (AvgIpc) is 2.41. The molecule has 1 rings (SSSR count). The van der Waals surface area contributed by atoms with Crippen LogP contribution in [0.3, 0.4) is 0 Å². The Morgan fingerprint density at radius 2 is 2.31 bits per heavy atom. The molecule has 0 aliphatic rings. The number of terminal acetylenes is 1. The highest BCUT2D eigenvalue weighted by molar-refractivity contribution is 7.12. The van der Waals surface area contributed by atoms with E-state index in [9.17, 15) is 5.11 Å². The molecule has 0 spiro atoms. The van der Waals surface area contributed by atoms with Crippen molar-refractivity contribution in [3.63, 3.8) is 0 Å². The highest BCUT2D eigenvalue weighted by Gasteiger charge is 2.11. The van der Waals surface area contributed by atoms with E-state index in [2.05, 4.69) is 12.8 Å². The van der Waals surface area contributed by atoms with Crippen molar-refractivity contribution in [2.45, 2.75) is 32.8 Å². The van der Waals surface area contributed by atoms with E-state index in [1.54, 1.807) is 11.3 Å². The Hall–Kier alpha value is -0.780. The summed E-state index contributed by atoms with van der Waals surface area (Å²) in [6.07, 6.45) is 6.05. The summed E-state index contributed by atoms with van der Waals surface area (Å²) < 4.78 is 0. The van der Waals surface area contributed by atoms with E-state index in [4.69, 9.17) is 6.42 Å². The number of rotatable bonds is 3. The molecular formula is C11H14OS. The Balaban J connectivity index is 2.71. The van der Waals surface area contributed by atoms with Gasteiger partial charge in [-0.2, -0.15) is 0 Å². The predicted molar refractivity (Wildman–Crippen MR) is 56.8 cm³/mol. The molecule has 1 N–H and O–H groups in total. The van der Waals surface area contributed by atoms with Crippen LogP contribution in [-0.2, 0) is 0 Å². The number of aliphatic hydroxyl groups excluding tert-OH is 1. The third-order valence-electron chi connectivity index (χ3n) is 2.00. The highest BCUT2D eigenvalue weighted by atomic mass is 32.1. The van der Waals surface area contributed by atoms with Crippen molar-refractivity contribution in [2.75, 3.05) is 0 Å². The fourth-order valence-electron chi connectivity index (χ4n) is 1.36. The Morgan fingerprint density at radius 1 is 1.62 bits per heavy atom. The Labute approximate surface area is 83.4 Å². The van der Waals surface area contributed by atoms with Crippen LogP contribution in [-0.4, -0.2) is 5.11 Å². The standard InChI is InChI=1S/C11H14OS/c1-4-5-6-11(12)10-7-8(2)13-9(10)3/h1,7,11-12H,5-6H2,2-3H3. The molecule has 1 atom stereocenters. The van der Waals surface area contributed by atoms with Crippen LogP contribution >= 0.6 is 11.3 Å². The van der Waals surface area contributed by atoms with E-state index in [0.29, 0.717) is 12.8 Å². The monoisotopic (exact) mass is 194 g/mol. The van der Waals surface area contributed by atoms with Gasteiger partial charge < -0.3 is 5.11 Å². The van der Waals surface area contributed by atoms with Crippen molar-refractivity contribution in [1.82, 2.24) is 0 Å². The molecule has 13 heavy (non-hydrogen) atoms. The zero-order valence-corrected chi connectivity index (χ0v) is 8.82. The third-order valence-corrected chi connectivity index (χ3v) is 2.98. The number of aryl methyl sites for hydroxylation is 2. The summed E-state index contributed by atoms with van der Waals surface area (Å²) in [5.41, 5.74) is 1.04. The van der Waals surface area contributed by atoms with Crippen molar-refractivity contribution >= 4 is 11.3 Å². The lowest BCUT2D eigenvalue weighted by molar-refractivity contribution is 0.169. The van der Waals surface area contributed by atoms with E-state index in [1.165, 1.54) is 9.75 Å². The summed E-state index contributed by atoms with van der Waals surface area (Å²) in [7, 11) is 0. The van der Waals surface area contributed by atoms with Gasteiger partial charge in [-0.15, -0.1) is 23.7 Å². The maximum atomic E-state index is 9.76. The Kier molecular flexibility index (Phi) is 3.53. The number of thiophene rings is 1. The van der Waals surface area contributed by atoms with Crippen molar-refractivity contribution in [3.8, 4) is 12.3 Å². The minimum absolute atomic E-state index is 0.388. The van der Waals surface area contributed by atoms with Gasteiger partial charge in [-0.1, -0.05) is 0 Å². The molecule has 1 heterocycles. The highest BCUT2D eigenvalue weighted by Crippen LogP contribution is 2.28. The van der Waals surface area contributed by atoms with Crippen LogP contribution in [0.25, 0.3) is 0 Å². The molecule has 0 fully saturated rings. The number of aliphatic hydroxyl groups is 1. The average molecular weight is 194 g/mol. The molecule has 1 unspecified atom stereocenters. The molecule has 0 amide bonds. The summed E-state index contributed by atoms with van der Waals surface area (Å²) in [4.78, 5) is 2.44. The van der Waals surface area contributed by atoms with Gasteiger partial charge in [0.15, 0.2) is 0 Å². The zero-order valence-electron chi connectivity index (χ0n) is 8.00. The second kappa shape index (κ2) is 4.45. The van der Waals surface area contributed by atoms with Gasteiger partial charge in [0.25, 0.3) is 0 Å². The summed E-state index contributed by atoms with van der Waals surface area (Å²) in [5, 5.41) is 9.76. The SMILES string of the molecule is C#CCCC(O)c1cc(C)sc1C. The van der Waals surface area contributed by atoms with E-state index in [0.717, 1.165) is 5.56 Å². The van der Waals surface area contributed by atoms with Gasteiger partial charge in [0, 0.05) is 16.2 Å². The van der Waals surface area contributed by atoms with E-state index >= 15 is 0 Å². The maximum Gasteiger partial charge on any atom is 0.0809 e. The van der Waals surface area contributed by atoms with E-state index in [-0.39, 0.29) is 6.10 Å². The lowest BCUT2D eigenvalue weighted by Crippen LogP contribution is -1.96. The molecule has 2 heteroatoms. The molecule has 0 saturated heterocycles. The summed E-state index contributed by atoms with van der Waals surface area (Å²) >= 11 is 1.72. The molecule has 0 saturated carbocycles. The lowest BCUT2D eigenvalue weighted by Gasteiger charge is -2.07.